The van der Waals surface area contributed by atoms with Crippen LogP contribution in [0.5, 0.6) is 0 Å². The average Bonchev–Trinajstić information content (AvgIpc) is 2.48. The Balaban J connectivity index is 2.02. The van der Waals surface area contributed by atoms with Crippen molar-refractivity contribution in [2.45, 2.75) is 19.0 Å². The molecule has 3 nitrogen and oxygen atoms in total. The quantitative estimate of drug-likeness (QED) is 0.881. The monoisotopic (exact) mass is 254 g/mol. The molecule has 3 N–H and O–H groups in total. The zero-order chi connectivity index (χ0) is 13.7. The van der Waals surface area contributed by atoms with E-state index < -0.39 is 6.04 Å². The third-order valence-electron chi connectivity index (χ3n) is 3.10. The average molecular weight is 254 g/mol. The molecule has 2 rings (SSSR count). The Morgan fingerprint density at radius 1 is 0.947 bits per heavy atom. The van der Waals surface area contributed by atoms with Gasteiger partial charge in [0.15, 0.2) is 0 Å². The smallest absolute Gasteiger partial charge is 0.241 e. The summed E-state index contributed by atoms with van der Waals surface area (Å²) in [7, 11) is 0. The largest absolute Gasteiger partial charge is 0.348 e. The molecule has 1 amide bonds. The van der Waals surface area contributed by atoms with Gasteiger partial charge in [0.25, 0.3) is 0 Å². The van der Waals surface area contributed by atoms with Gasteiger partial charge in [-0.15, -0.1) is 0 Å². The Labute approximate surface area is 113 Å². The molecule has 0 aromatic heterocycles. The molecule has 1 unspecified atom stereocenters. The molecule has 19 heavy (non-hydrogen) atoms. The molecule has 98 valence electrons. The lowest BCUT2D eigenvalue weighted by Gasteiger charge is -2.18. The molecule has 2 aromatic rings. The molecular weight excluding hydrogens is 236 g/mol. The first-order valence-corrected chi connectivity index (χ1v) is 6.34. The van der Waals surface area contributed by atoms with Gasteiger partial charge in [0.1, 0.15) is 6.04 Å². The molecule has 0 aliphatic carbocycles. The van der Waals surface area contributed by atoms with E-state index in [2.05, 4.69) is 5.32 Å². The summed E-state index contributed by atoms with van der Waals surface area (Å²) >= 11 is 0. The van der Waals surface area contributed by atoms with E-state index in [-0.39, 0.29) is 11.9 Å². The molecule has 3 heteroatoms. The van der Waals surface area contributed by atoms with Crippen LogP contribution in [0.1, 0.15) is 30.1 Å². The summed E-state index contributed by atoms with van der Waals surface area (Å²) in [6.45, 7) is 1.95. The highest BCUT2D eigenvalue weighted by atomic mass is 16.2. The maximum Gasteiger partial charge on any atom is 0.241 e. The van der Waals surface area contributed by atoms with Gasteiger partial charge in [-0.05, 0) is 18.1 Å². The lowest BCUT2D eigenvalue weighted by Crippen LogP contribution is -2.35. The van der Waals surface area contributed by atoms with Crippen molar-refractivity contribution in [3.8, 4) is 0 Å². The van der Waals surface area contributed by atoms with Crippen LogP contribution in [0, 0.1) is 0 Å². The summed E-state index contributed by atoms with van der Waals surface area (Å²) in [6.07, 6.45) is 0. The Bertz CT molecular complexity index is 525. The predicted octanol–water partition coefficient (Wildman–Crippen LogP) is 2.56. The van der Waals surface area contributed by atoms with E-state index in [0.717, 1.165) is 11.1 Å². The van der Waals surface area contributed by atoms with Crippen molar-refractivity contribution in [1.82, 2.24) is 5.32 Å². The summed E-state index contributed by atoms with van der Waals surface area (Å²) in [4.78, 5) is 12.1. The number of benzene rings is 2. The molecule has 0 heterocycles. The van der Waals surface area contributed by atoms with E-state index in [1.807, 2.05) is 67.6 Å². The van der Waals surface area contributed by atoms with Gasteiger partial charge in [-0.3, -0.25) is 4.79 Å². The number of hydrogen-bond donors (Lipinski definition) is 2. The maximum atomic E-state index is 12.1. The molecule has 0 aliphatic heterocycles. The Kier molecular flexibility index (Phi) is 4.31. The molecule has 0 saturated carbocycles. The second-order valence-electron chi connectivity index (χ2n) is 4.53. The van der Waals surface area contributed by atoms with Gasteiger partial charge < -0.3 is 11.1 Å². The summed E-state index contributed by atoms with van der Waals surface area (Å²) in [5.74, 6) is -0.164. The van der Waals surface area contributed by atoms with Crippen LogP contribution in [0.3, 0.4) is 0 Å². The van der Waals surface area contributed by atoms with E-state index in [4.69, 9.17) is 5.73 Å². The summed E-state index contributed by atoms with van der Waals surface area (Å²) in [6, 6.07) is 18.5. The SMILES string of the molecule is CC(NC(=O)[C@@H](N)c1ccccc1)c1ccccc1. The molecule has 0 saturated heterocycles. The molecular formula is C16H18N2O. The number of amides is 1. The molecule has 0 bridgehead atoms. The van der Waals surface area contributed by atoms with Crippen LogP contribution in [0.4, 0.5) is 0 Å². The third kappa shape index (κ3) is 3.42. The van der Waals surface area contributed by atoms with Crippen LogP contribution in [0.25, 0.3) is 0 Å². The second kappa shape index (κ2) is 6.16. The highest BCUT2D eigenvalue weighted by Crippen LogP contribution is 2.14. The van der Waals surface area contributed by atoms with Gasteiger partial charge in [0, 0.05) is 0 Å². The zero-order valence-electron chi connectivity index (χ0n) is 10.9. The van der Waals surface area contributed by atoms with E-state index >= 15 is 0 Å². The first-order valence-electron chi connectivity index (χ1n) is 6.34. The molecule has 0 spiro atoms. The topological polar surface area (TPSA) is 55.1 Å². The van der Waals surface area contributed by atoms with Gasteiger partial charge >= 0.3 is 0 Å². The van der Waals surface area contributed by atoms with Crippen molar-refractivity contribution in [3.05, 3.63) is 71.8 Å². The van der Waals surface area contributed by atoms with Crippen LogP contribution < -0.4 is 11.1 Å². The van der Waals surface area contributed by atoms with Crippen LogP contribution >= 0.6 is 0 Å². The number of nitrogens with two attached hydrogens (primary N) is 1. The third-order valence-corrected chi connectivity index (χ3v) is 3.10. The predicted molar refractivity (Wildman–Crippen MR) is 76.4 cm³/mol. The summed E-state index contributed by atoms with van der Waals surface area (Å²) in [5.41, 5.74) is 7.84. The number of nitrogens with one attached hydrogen (secondary N) is 1. The Hall–Kier alpha value is -2.13. The number of rotatable bonds is 4. The minimum absolute atomic E-state index is 0.0523. The Morgan fingerprint density at radius 3 is 1.95 bits per heavy atom. The molecule has 0 fully saturated rings. The number of hydrogen-bond acceptors (Lipinski definition) is 2. The summed E-state index contributed by atoms with van der Waals surface area (Å²) < 4.78 is 0. The van der Waals surface area contributed by atoms with E-state index in [9.17, 15) is 4.79 Å². The fraction of sp³-hybridized carbons (Fsp3) is 0.188. The fourth-order valence-corrected chi connectivity index (χ4v) is 1.94. The van der Waals surface area contributed by atoms with Crippen molar-refractivity contribution in [2.24, 2.45) is 5.73 Å². The van der Waals surface area contributed by atoms with Crippen molar-refractivity contribution < 1.29 is 4.79 Å². The second-order valence-corrected chi connectivity index (χ2v) is 4.53. The van der Waals surface area contributed by atoms with Gasteiger partial charge in [0.05, 0.1) is 6.04 Å². The standard InChI is InChI=1S/C16H18N2O/c1-12(13-8-4-2-5-9-13)18-16(19)15(17)14-10-6-3-7-11-14/h2-12,15H,17H2,1H3,(H,18,19)/t12?,15-/m0/s1. The normalized spacial score (nSPS) is 13.6. The maximum absolute atomic E-state index is 12.1. The van der Waals surface area contributed by atoms with Crippen LogP contribution in [-0.4, -0.2) is 5.91 Å². The fourth-order valence-electron chi connectivity index (χ4n) is 1.94. The highest BCUT2D eigenvalue weighted by Gasteiger charge is 2.17. The highest BCUT2D eigenvalue weighted by molar-refractivity contribution is 5.83. The van der Waals surface area contributed by atoms with Crippen molar-refractivity contribution in [3.63, 3.8) is 0 Å². The van der Waals surface area contributed by atoms with E-state index in [1.165, 1.54) is 0 Å². The first kappa shape index (κ1) is 13.3. The minimum atomic E-state index is -0.632. The van der Waals surface area contributed by atoms with Gasteiger partial charge in [-0.2, -0.15) is 0 Å². The van der Waals surface area contributed by atoms with Gasteiger partial charge in [0.2, 0.25) is 5.91 Å². The molecule has 2 aromatic carbocycles. The number of carbonyl (C=O) groups is 1. The lowest BCUT2D eigenvalue weighted by molar-refractivity contribution is -0.123. The molecule has 0 radical (unpaired) electrons. The first-order chi connectivity index (χ1) is 9.18. The summed E-state index contributed by atoms with van der Waals surface area (Å²) in [5, 5.41) is 2.93. The van der Waals surface area contributed by atoms with E-state index in [0.29, 0.717) is 0 Å². The van der Waals surface area contributed by atoms with Gasteiger partial charge in [-0.25, -0.2) is 0 Å². The van der Waals surface area contributed by atoms with Crippen molar-refractivity contribution >= 4 is 5.91 Å². The lowest BCUT2D eigenvalue weighted by atomic mass is 10.1. The number of carbonyl (C=O) groups excluding carboxylic acids is 1. The van der Waals surface area contributed by atoms with Crippen LogP contribution in [-0.2, 0) is 4.79 Å². The van der Waals surface area contributed by atoms with Crippen LogP contribution in [0.2, 0.25) is 0 Å². The molecule has 0 aliphatic rings. The zero-order valence-corrected chi connectivity index (χ0v) is 10.9. The van der Waals surface area contributed by atoms with E-state index in [1.54, 1.807) is 0 Å². The van der Waals surface area contributed by atoms with Gasteiger partial charge in [-0.1, -0.05) is 60.7 Å². The van der Waals surface area contributed by atoms with Crippen molar-refractivity contribution in [2.75, 3.05) is 0 Å². The minimum Gasteiger partial charge on any atom is -0.348 e. The van der Waals surface area contributed by atoms with Crippen molar-refractivity contribution in [1.29, 1.82) is 0 Å². The van der Waals surface area contributed by atoms with Crippen LogP contribution in [0.15, 0.2) is 60.7 Å². The molecule has 2 atom stereocenters. The Morgan fingerprint density at radius 2 is 1.42 bits per heavy atom.